The van der Waals surface area contributed by atoms with Crippen LogP contribution in [-0.2, 0) is 4.79 Å². The van der Waals surface area contributed by atoms with Gasteiger partial charge in [0.1, 0.15) is 5.75 Å². The number of hydrogen-bond acceptors (Lipinski definition) is 3. The van der Waals surface area contributed by atoms with Gasteiger partial charge >= 0.3 is 0 Å². The number of rotatable bonds is 6. The van der Waals surface area contributed by atoms with Crippen LogP contribution in [-0.4, -0.2) is 36.6 Å². The van der Waals surface area contributed by atoms with E-state index in [2.05, 4.69) is 0 Å². The van der Waals surface area contributed by atoms with Crippen molar-refractivity contribution >= 4 is 5.91 Å². The first-order valence-corrected chi connectivity index (χ1v) is 6.14. The van der Waals surface area contributed by atoms with Crippen LogP contribution in [0.4, 0.5) is 0 Å². The Hall–Kier alpha value is -1.55. The van der Waals surface area contributed by atoms with Crippen molar-refractivity contribution in [3.8, 4) is 5.75 Å². The third-order valence-electron chi connectivity index (χ3n) is 2.84. The van der Waals surface area contributed by atoms with Crippen molar-refractivity contribution in [1.82, 2.24) is 4.90 Å². The number of carbonyl (C=O) groups excluding carboxylic acids is 1. The van der Waals surface area contributed by atoms with Crippen molar-refractivity contribution in [2.24, 2.45) is 0 Å². The second kappa shape index (κ2) is 7.01. The molecule has 100 valence electrons. The summed E-state index contributed by atoms with van der Waals surface area (Å²) in [4.78, 5) is 13.2. The summed E-state index contributed by atoms with van der Waals surface area (Å²) in [6.45, 7) is 2.27. The highest BCUT2D eigenvalue weighted by atomic mass is 16.5. The first-order chi connectivity index (χ1) is 8.58. The minimum Gasteiger partial charge on any atom is -0.497 e. The van der Waals surface area contributed by atoms with E-state index in [0.717, 1.165) is 17.7 Å². The van der Waals surface area contributed by atoms with Gasteiger partial charge in [-0.15, -0.1) is 0 Å². The van der Waals surface area contributed by atoms with Crippen molar-refractivity contribution in [2.75, 3.05) is 20.7 Å². The molecule has 0 aliphatic heterocycles. The Morgan fingerprint density at radius 2 is 2.00 bits per heavy atom. The Morgan fingerprint density at radius 1 is 1.39 bits per heavy atom. The molecule has 0 heterocycles. The summed E-state index contributed by atoms with van der Waals surface area (Å²) in [5, 5.41) is 10.0. The van der Waals surface area contributed by atoms with Gasteiger partial charge in [0.15, 0.2) is 0 Å². The van der Waals surface area contributed by atoms with Crippen LogP contribution in [0.5, 0.6) is 5.75 Å². The van der Waals surface area contributed by atoms with Gasteiger partial charge in [-0.3, -0.25) is 4.79 Å². The van der Waals surface area contributed by atoms with Crippen LogP contribution in [0, 0.1) is 0 Å². The fraction of sp³-hybridized carbons (Fsp3) is 0.500. The fourth-order valence-electron chi connectivity index (χ4n) is 1.70. The van der Waals surface area contributed by atoms with Crippen LogP contribution in [0.25, 0.3) is 0 Å². The summed E-state index contributed by atoms with van der Waals surface area (Å²) >= 11 is 0. The number of aliphatic hydroxyl groups excluding tert-OH is 1. The number of hydrogen-bond donors (Lipinski definition) is 1. The summed E-state index contributed by atoms with van der Waals surface area (Å²) < 4.78 is 5.05. The molecule has 1 aromatic rings. The molecule has 0 radical (unpaired) electrons. The van der Waals surface area contributed by atoms with Gasteiger partial charge < -0.3 is 14.7 Å². The Balaban J connectivity index is 2.58. The average Bonchev–Trinajstić information content (AvgIpc) is 2.39. The molecular formula is C14H21NO3. The van der Waals surface area contributed by atoms with E-state index >= 15 is 0 Å². The molecule has 0 aromatic heterocycles. The summed E-state index contributed by atoms with van der Waals surface area (Å²) in [5.74, 6) is 0.812. The second-order valence-electron chi connectivity index (χ2n) is 4.31. The van der Waals surface area contributed by atoms with Crippen LogP contribution in [0.15, 0.2) is 24.3 Å². The van der Waals surface area contributed by atoms with E-state index in [1.807, 2.05) is 19.1 Å². The molecule has 0 fully saturated rings. The molecular weight excluding hydrogens is 230 g/mol. The topological polar surface area (TPSA) is 49.8 Å². The number of carbonyl (C=O) groups is 1. The molecule has 1 aromatic carbocycles. The third-order valence-corrected chi connectivity index (χ3v) is 2.84. The zero-order valence-corrected chi connectivity index (χ0v) is 11.2. The van der Waals surface area contributed by atoms with Crippen molar-refractivity contribution < 1.29 is 14.6 Å². The Bertz CT molecular complexity index is 375. The molecule has 0 bridgehead atoms. The van der Waals surface area contributed by atoms with Gasteiger partial charge in [0.2, 0.25) is 5.91 Å². The molecule has 0 spiro atoms. The van der Waals surface area contributed by atoms with Crippen LogP contribution in [0.2, 0.25) is 0 Å². The number of amides is 1. The van der Waals surface area contributed by atoms with Crippen molar-refractivity contribution in [2.45, 2.75) is 25.9 Å². The monoisotopic (exact) mass is 251 g/mol. The quantitative estimate of drug-likeness (QED) is 0.841. The lowest BCUT2D eigenvalue weighted by molar-refractivity contribution is -0.131. The zero-order valence-electron chi connectivity index (χ0n) is 11.2. The van der Waals surface area contributed by atoms with Gasteiger partial charge in [-0.25, -0.2) is 0 Å². The number of methoxy groups -OCH3 is 1. The van der Waals surface area contributed by atoms with Crippen LogP contribution >= 0.6 is 0 Å². The highest BCUT2D eigenvalue weighted by Gasteiger charge is 2.14. The molecule has 1 unspecified atom stereocenters. The minimum absolute atomic E-state index is 0.0602. The van der Waals surface area contributed by atoms with Gasteiger partial charge in [0, 0.05) is 13.5 Å². The maximum atomic E-state index is 11.6. The molecule has 1 rings (SSSR count). The van der Waals surface area contributed by atoms with Crippen LogP contribution < -0.4 is 4.74 Å². The van der Waals surface area contributed by atoms with Crippen molar-refractivity contribution in [1.29, 1.82) is 0 Å². The number of benzene rings is 1. The standard InChI is InChI=1S/C14H21NO3/c1-4-5-14(17)15(2)10-13(16)11-6-8-12(18-3)9-7-11/h6-9,13,16H,4-5,10H2,1-3H3. The van der Waals surface area contributed by atoms with Crippen LogP contribution in [0.3, 0.4) is 0 Å². The Labute approximate surface area is 108 Å². The first-order valence-electron chi connectivity index (χ1n) is 6.14. The molecule has 1 amide bonds. The van der Waals surface area contributed by atoms with E-state index in [9.17, 15) is 9.90 Å². The lowest BCUT2D eigenvalue weighted by atomic mass is 10.1. The van der Waals surface area contributed by atoms with Gasteiger partial charge in [0.05, 0.1) is 19.8 Å². The third kappa shape index (κ3) is 4.04. The number of ether oxygens (including phenoxy) is 1. The van der Waals surface area contributed by atoms with E-state index in [0.29, 0.717) is 13.0 Å². The molecule has 18 heavy (non-hydrogen) atoms. The van der Waals surface area contributed by atoms with E-state index in [-0.39, 0.29) is 5.91 Å². The Morgan fingerprint density at radius 3 is 2.50 bits per heavy atom. The maximum absolute atomic E-state index is 11.6. The predicted octanol–water partition coefficient (Wildman–Crippen LogP) is 1.99. The first kappa shape index (κ1) is 14.5. The molecule has 0 aliphatic rings. The Kier molecular flexibility index (Phi) is 5.65. The second-order valence-corrected chi connectivity index (χ2v) is 4.31. The molecule has 1 atom stereocenters. The number of aliphatic hydroxyl groups is 1. The molecule has 0 aliphatic carbocycles. The zero-order chi connectivity index (χ0) is 13.5. The number of nitrogens with zero attached hydrogens (tertiary/aromatic N) is 1. The summed E-state index contributed by atoms with van der Waals surface area (Å²) in [7, 11) is 3.31. The van der Waals surface area contributed by atoms with E-state index in [1.54, 1.807) is 31.2 Å². The van der Waals surface area contributed by atoms with Crippen LogP contribution in [0.1, 0.15) is 31.4 Å². The van der Waals surface area contributed by atoms with E-state index < -0.39 is 6.10 Å². The predicted molar refractivity (Wildman–Crippen MR) is 70.5 cm³/mol. The lowest BCUT2D eigenvalue weighted by Gasteiger charge is -2.21. The SMILES string of the molecule is CCCC(=O)N(C)CC(O)c1ccc(OC)cc1. The smallest absolute Gasteiger partial charge is 0.222 e. The van der Waals surface area contributed by atoms with E-state index in [4.69, 9.17) is 4.74 Å². The highest BCUT2D eigenvalue weighted by Crippen LogP contribution is 2.18. The molecule has 0 saturated carbocycles. The average molecular weight is 251 g/mol. The van der Waals surface area contributed by atoms with Gasteiger partial charge in [-0.2, -0.15) is 0 Å². The fourth-order valence-corrected chi connectivity index (χ4v) is 1.70. The minimum atomic E-state index is -0.665. The van der Waals surface area contributed by atoms with Gasteiger partial charge in [0.25, 0.3) is 0 Å². The van der Waals surface area contributed by atoms with Crippen molar-refractivity contribution in [3.63, 3.8) is 0 Å². The lowest BCUT2D eigenvalue weighted by Crippen LogP contribution is -2.30. The maximum Gasteiger partial charge on any atom is 0.222 e. The summed E-state index contributed by atoms with van der Waals surface area (Å²) in [6.07, 6.45) is 0.676. The molecule has 1 N–H and O–H groups in total. The van der Waals surface area contributed by atoms with Crippen molar-refractivity contribution in [3.05, 3.63) is 29.8 Å². The number of likely N-dealkylation sites (N-methyl/N-ethyl adjacent to an activating group) is 1. The molecule has 0 saturated heterocycles. The largest absolute Gasteiger partial charge is 0.497 e. The van der Waals surface area contributed by atoms with Gasteiger partial charge in [-0.1, -0.05) is 19.1 Å². The van der Waals surface area contributed by atoms with E-state index in [1.165, 1.54) is 0 Å². The summed E-state index contributed by atoms with van der Waals surface area (Å²) in [6, 6.07) is 7.21. The van der Waals surface area contributed by atoms with Gasteiger partial charge in [-0.05, 0) is 24.1 Å². The highest BCUT2D eigenvalue weighted by molar-refractivity contribution is 5.75. The summed E-state index contributed by atoms with van der Waals surface area (Å²) in [5.41, 5.74) is 0.784. The normalized spacial score (nSPS) is 12.0. The molecule has 4 heteroatoms. The molecule has 4 nitrogen and oxygen atoms in total.